The summed E-state index contributed by atoms with van der Waals surface area (Å²) in [6, 6.07) is 5.96. The largest absolute Gasteiger partial charge is 0.335 e. The van der Waals surface area contributed by atoms with Crippen LogP contribution >= 0.6 is 7.60 Å². The van der Waals surface area contributed by atoms with Gasteiger partial charge in [0.1, 0.15) is 0 Å². The van der Waals surface area contributed by atoms with Gasteiger partial charge in [-0.05, 0) is 32.3 Å². The van der Waals surface area contributed by atoms with Gasteiger partial charge < -0.3 is 9.79 Å². The molecule has 0 atom stereocenters. The molecule has 21 heavy (non-hydrogen) atoms. The average molecular weight is 312 g/mol. The van der Waals surface area contributed by atoms with E-state index in [2.05, 4.69) is 13.8 Å². The zero-order valence-electron chi connectivity index (χ0n) is 13.7. The van der Waals surface area contributed by atoms with Gasteiger partial charge >= 0.3 is 7.60 Å². The number of benzene rings is 1. The molecule has 0 fully saturated rings. The lowest BCUT2D eigenvalue weighted by Crippen LogP contribution is -2.27. The Morgan fingerprint density at radius 3 is 1.71 bits per heavy atom. The maximum absolute atomic E-state index is 12.4. The fourth-order valence-corrected chi connectivity index (χ4v) is 4.42. The van der Waals surface area contributed by atoms with E-state index in [0.29, 0.717) is 12.8 Å². The number of unbranched alkanes of at least 4 members (excludes halogenated alkanes) is 2. The molecular formula is C17H29O3P. The van der Waals surface area contributed by atoms with Crippen LogP contribution in [0.15, 0.2) is 18.2 Å². The molecule has 0 spiro atoms. The Hall–Kier alpha value is -0.630. The SMILES string of the molecule is CCCCC(CCCC)(c1cc(C)cc(C)c1)P(=O)(O)O. The van der Waals surface area contributed by atoms with E-state index in [1.807, 2.05) is 32.0 Å². The first-order valence-electron chi connectivity index (χ1n) is 7.91. The molecule has 0 radical (unpaired) electrons. The standard InChI is InChI=1S/C17H29O3P/c1-5-7-9-17(10-8-6-2,21(18,19)20)16-12-14(3)11-15(4)13-16/h11-13H,5-10H2,1-4H3,(H2,18,19,20). The summed E-state index contributed by atoms with van der Waals surface area (Å²) in [7, 11) is -4.23. The summed E-state index contributed by atoms with van der Waals surface area (Å²) in [5.74, 6) is 0. The molecule has 1 rings (SSSR count). The van der Waals surface area contributed by atoms with Crippen molar-refractivity contribution in [2.75, 3.05) is 0 Å². The third-order valence-electron chi connectivity index (χ3n) is 4.20. The summed E-state index contributed by atoms with van der Waals surface area (Å²) in [5.41, 5.74) is 2.95. The summed E-state index contributed by atoms with van der Waals surface area (Å²) < 4.78 is 12.4. The Kier molecular flexibility index (Phi) is 6.65. The predicted octanol–water partition coefficient (Wildman–Crippen LogP) is 5.06. The van der Waals surface area contributed by atoms with Gasteiger partial charge in [0, 0.05) is 0 Å². The molecule has 120 valence electrons. The van der Waals surface area contributed by atoms with Gasteiger partial charge in [-0.1, -0.05) is 68.9 Å². The van der Waals surface area contributed by atoms with Gasteiger partial charge in [-0.3, -0.25) is 4.57 Å². The molecule has 0 bridgehead atoms. The van der Waals surface area contributed by atoms with Crippen molar-refractivity contribution in [1.29, 1.82) is 0 Å². The minimum absolute atomic E-state index is 0.552. The molecule has 0 heterocycles. The lowest BCUT2D eigenvalue weighted by atomic mass is 9.86. The van der Waals surface area contributed by atoms with Crippen LogP contribution in [-0.4, -0.2) is 9.79 Å². The molecule has 1 aromatic rings. The molecule has 0 aliphatic heterocycles. The van der Waals surface area contributed by atoms with Crippen LogP contribution in [0.25, 0.3) is 0 Å². The normalized spacial score (nSPS) is 12.7. The van der Waals surface area contributed by atoms with Crippen molar-refractivity contribution in [1.82, 2.24) is 0 Å². The van der Waals surface area contributed by atoms with E-state index in [-0.39, 0.29) is 0 Å². The fourth-order valence-electron chi connectivity index (χ4n) is 3.05. The predicted molar refractivity (Wildman–Crippen MR) is 88.7 cm³/mol. The summed E-state index contributed by atoms with van der Waals surface area (Å²) in [6.45, 7) is 8.10. The van der Waals surface area contributed by atoms with Crippen molar-refractivity contribution in [2.45, 2.75) is 71.4 Å². The highest BCUT2D eigenvalue weighted by molar-refractivity contribution is 7.53. The van der Waals surface area contributed by atoms with Gasteiger partial charge in [-0.25, -0.2) is 0 Å². The molecule has 0 saturated carbocycles. The van der Waals surface area contributed by atoms with E-state index >= 15 is 0 Å². The Labute approximate surface area is 128 Å². The monoisotopic (exact) mass is 312 g/mol. The van der Waals surface area contributed by atoms with Gasteiger partial charge in [-0.15, -0.1) is 0 Å². The Morgan fingerprint density at radius 2 is 1.38 bits per heavy atom. The first-order valence-corrected chi connectivity index (χ1v) is 9.52. The Bertz CT molecular complexity index is 477. The van der Waals surface area contributed by atoms with E-state index in [1.165, 1.54) is 0 Å². The molecule has 0 amide bonds. The third kappa shape index (κ3) is 4.42. The van der Waals surface area contributed by atoms with Crippen molar-refractivity contribution in [3.05, 3.63) is 34.9 Å². The molecule has 3 nitrogen and oxygen atoms in total. The van der Waals surface area contributed by atoms with Gasteiger partial charge in [0.05, 0.1) is 5.16 Å². The van der Waals surface area contributed by atoms with Crippen LogP contribution in [0.1, 0.15) is 69.1 Å². The topological polar surface area (TPSA) is 57.5 Å². The van der Waals surface area contributed by atoms with Crippen molar-refractivity contribution in [3.8, 4) is 0 Å². The minimum Gasteiger partial charge on any atom is -0.324 e. The maximum Gasteiger partial charge on any atom is 0.335 e. The minimum atomic E-state index is -4.23. The summed E-state index contributed by atoms with van der Waals surface area (Å²) in [5, 5.41) is -1.02. The zero-order valence-corrected chi connectivity index (χ0v) is 14.6. The molecule has 0 saturated heterocycles. The first kappa shape index (κ1) is 18.4. The van der Waals surface area contributed by atoms with Gasteiger partial charge in [0.15, 0.2) is 0 Å². The van der Waals surface area contributed by atoms with Crippen molar-refractivity contribution < 1.29 is 14.4 Å². The van der Waals surface area contributed by atoms with Crippen molar-refractivity contribution in [3.63, 3.8) is 0 Å². The lowest BCUT2D eigenvalue weighted by Gasteiger charge is -2.35. The summed E-state index contributed by atoms with van der Waals surface area (Å²) >= 11 is 0. The quantitative estimate of drug-likeness (QED) is 0.660. The van der Waals surface area contributed by atoms with Crippen molar-refractivity contribution >= 4 is 7.60 Å². The fraction of sp³-hybridized carbons (Fsp3) is 0.647. The highest BCUT2D eigenvalue weighted by atomic mass is 31.2. The molecule has 1 aromatic carbocycles. The molecule has 0 aliphatic carbocycles. The highest BCUT2D eigenvalue weighted by Crippen LogP contribution is 2.62. The van der Waals surface area contributed by atoms with E-state index in [1.54, 1.807) is 0 Å². The Morgan fingerprint density at radius 1 is 0.952 bits per heavy atom. The second-order valence-electron chi connectivity index (χ2n) is 6.16. The number of rotatable bonds is 8. The highest BCUT2D eigenvalue weighted by Gasteiger charge is 2.47. The van der Waals surface area contributed by atoms with Gasteiger partial charge in [-0.2, -0.15) is 0 Å². The van der Waals surface area contributed by atoms with Crippen LogP contribution in [0.3, 0.4) is 0 Å². The molecular weight excluding hydrogens is 283 g/mol. The van der Waals surface area contributed by atoms with Crippen LogP contribution < -0.4 is 0 Å². The van der Waals surface area contributed by atoms with E-state index in [4.69, 9.17) is 0 Å². The summed E-state index contributed by atoms with van der Waals surface area (Å²) in [6.07, 6.45) is 4.66. The smallest absolute Gasteiger partial charge is 0.324 e. The van der Waals surface area contributed by atoms with E-state index < -0.39 is 12.8 Å². The molecule has 0 aromatic heterocycles. The molecule has 4 heteroatoms. The third-order valence-corrected chi connectivity index (χ3v) is 6.03. The maximum atomic E-state index is 12.4. The molecule has 2 N–H and O–H groups in total. The summed E-state index contributed by atoms with van der Waals surface area (Å²) in [4.78, 5) is 20.3. The number of aryl methyl sites for hydroxylation is 2. The number of hydrogen-bond donors (Lipinski definition) is 2. The molecule has 0 unspecified atom stereocenters. The van der Waals surface area contributed by atoms with Crippen LogP contribution in [0.4, 0.5) is 0 Å². The van der Waals surface area contributed by atoms with Crippen LogP contribution in [0.5, 0.6) is 0 Å². The zero-order chi connectivity index (χ0) is 16.1. The number of hydrogen-bond acceptors (Lipinski definition) is 1. The second-order valence-corrected chi connectivity index (χ2v) is 8.10. The van der Waals surface area contributed by atoms with Crippen LogP contribution in [0, 0.1) is 13.8 Å². The Balaban J connectivity index is 3.41. The lowest BCUT2D eigenvalue weighted by molar-refractivity contribution is 0.300. The van der Waals surface area contributed by atoms with Crippen LogP contribution in [0.2, 0.25) is 0 Å². The van der Waals surface area contributed by atoms with Gasteiger partial charge in [0.2, 0.25) is 0 Å². The van der Waals surface area contributed by atoms with Crippen LogP contribution in [-0.2, 0) is 9.72 Å². The first-order chi connectivity index (χ1) is 9.76. The molecule has 0 aliphatic rings. The second kappa shape index (κ2) is 7.58. The van der Waals surface area contributed by atoms with E-state index in [9.17, 15) is 14.4 Å². The van der Waals surface area contributed by atoms with Gasteiger partial charge in [0.25, 0.3) is 0 Å². The van der Waals surface area contributed by atoms with Crippen molar-refractivity contribution in [2.24, 2.45) is 0 Å². The van der Waals surface area contributed by atoms with E-state index in [0.717, 1.165) is 42.4 Å². The average Bonchev–Trinajstić information content (AvgIpc) is 2.36.